The zero-order valence-corrected chi connectivity index (χ0v) is 19.1. The molecule has 0 unspecified atom stereocenters. The van der Waals surface area contributed by atoms with Crippen LogP contribution in [0.4, 0.5) is 22.9 Å². The van der Waals surface area contributed by atoms with Crippen molar-refractivity contribution in [2.24, 2.45) is 11.1 Å². The first kappa shape index (κ1) is 21.7. The van der Waals surface area contributed by atoms with Crippen molar-refractivity contribution in [3.63, 3.8) is 0 Å². The molecule has 0 spiro atoms. The van der Waals surface area contributed by atoms with E-state index < -0.39 is 0 Å². The number of hydrogen-bond donors (Lipinski definition) is 1. The van der Waals surface area contributed by atoms with Gasteiger partial charge in [0, 0.05) is 36.5 Å². The van der Waals surface area contributed by atoms with E-state index in [9.17, 15) is 4.79 Å². The predicted octanol–water partition coefficient (Wildman–Crippen LogP) is 4.09. The fraction of sp³-hybridized carbons (Fsp3) is 0.480. The number of carbonyl (C=O) groups excluding carboxylic acids is 1. The lowest BCUT2D eigenvalue weighted by Crippen LogP contribution is -2.38. The summed E-state index contributed by atoms with van der Waals surface area (Å²) < 4.78 is 5.52. The first-order valence-electron chi connectivity index (χ1n) is 11.9. The largest absolute Gasteiger partial charge is 0.396 e. The molecule has 1 N–H and O–H groups in total. The number of ether oxygens (including phenoxy) is 1. The van der Waals surface area contributed by atoms with Crippen LogP contribution in [-0.2, 0) is 20.9 Å². The number of carbonyl (C=O) groups is 1. The van der Waals surface area contributed by atoms with E-state index in [1.54, 1.807) is 6.20 Å². The Hall–Kier alpha value is -3.13. The van der Waals surface area contributed by atoms with Crippen molar-refractivity contribution in [3.05, 3.63) is 42.1 Å². The monoisotopic (exact) mass is 449 g/mol. The van der Waals surface area contributed by atoms with Crippen molar-refractivity contribution >= 4 is 34.5 Å². The lowest BCUT2D eigenvalue weighted by molar-refractivity contribution is -0.123. The van der Waals surface area contributed by atoms with Gasteiger partial charge in [-0.3, -0.25) is 4.79 Å². The highest BCUT2D eigenvalue weighted by Crippen LogP contribution is 2.39. The summed E-state index contributed by atoms with van der Waals surface area (Å²) in [6, 6.07) is 10.3. The molecule has 33 heavy (non-hydrogen) atoms. The number of benzene rings is 1. The van der Waals surface area contributed by atoms with Crippen molar-refractivity contribution < 1.29 is 14.4 Å². The lowest BCUT2D eigenvalue weighted by Gasteiger charge is -2.32. The molecule has 0 bridgehead atoms. The normalized spacial score (nSPS) is 20.3. The van der Waals surface area contributed by atoms with Gasteiger partial charge < -0.3 is 24.7 Å². The van der Waals surface area contributed by atoms with Gasteiger partial charge in [0.05, 0.1) is 36.8 Å². The standard InChI is InChI=1S/C25H31N5O3/c1-2-33-28-20-7-5-18(6-8-20)25(31)30-17-19-4-3-11-26-24(19)27-22-10-9-21(16-23(22)30)29-12-14-32-15-13-29/h3-4,9-11,16,18H,2,5-8,12-15,17H2,1H3,(H,26,27). The molecule has 2 aromatic rings. The molecule has 2 aliphatic heterocycles. The minimum absolute atomic E-state index is 0.0244. The number of amides is 1. The van der Waals surface area contributed by atoms with Gasteiger partial charge in [-0.2, -0.15) is 0 Å². The van der Waals surface area contributed by atoms with Crippen LogP contribution < -0.4 is 15.1 Å². The number of nitrogens with one attached hydrogen (secondary N) is 1. The molecule has 8 heteroatoms. The van der Waals surface area contributed by atoms with Crippen LogP contribution in [0.1, 0.15) is 38.2 Å². The third kappa shape index (κ3) is 4.66. The van der Waals surface area contributed by atoms with Gasteiger partial charge in [-0.05, 0) is 56.9 Å². The van der Waals surface area contributed by atoms with Crippen molar-refractivity contribution in [1.82, 2.24) is 4.98 Å². The van der Waals surface area contributed by atoms with E-state index in [-0.39, 0.29) is 11.8 Å². The Morgan fingerprint density at radius 1 is 1.24 bits per heavy atom. The zero-order chi connectivity index (χ0) is 22.6. The molecule has 1 saturated heterocycles. The van der Waals surface area contributed by atoms with Crippen molar-refractivity contribution in [1.29, 1.82) is 0 Å². The predicted molar refractivity (Wildman–Crippen MR) is 129 cm³/mol. The average Bonchev–Trinajstić information content (AvgIpc) is 3.04. The van der Waals surface area contributed by atoms with E-state index in [1.807, 2.05) is 24.0 Å². The van der Waals surface area contributed by atoms with Crippen LogP contribution >= 0.6 is 0 Å². The van der Waals surface area contributed by atoms with Gasteiger partial charge in [-0.15, -0.1) is 0 Å². The van der Waals surface area contributed by atoms with E-state index in [0.717, 1.165) is 86.1 Å². The summed E-state index contributed by atoms with van der Waals surface area (Å²) in [6.07, 6.45) is 4.99. The number of rotatable bonds is 4. The first-order chi connectivity index (χ1) is 16.2. The number of oxime groups is 1. The SMILES string of the molecule is CCON=C1CCC(C(=O)N2Cc3cccnc3Nc3ccc(N4CCOCC4)cc32)CC1. The Balaban J connectivity index is 1.45. The van der Waals surface area contributed by atoms with E-state index in [0.29, 0.717) is 13.2 Å². The molecule has 3 aliphatic rings. The molecule has 5 rings (SSSR count). The highest BCUT2D eigenvalue weighted by molar-refractivity contribution is 6.01. The molecule has 1 amide bonds. The minimum atomic E-state index is -0.0244. The van der Waals surface area contributed by atoms with Crippen LogP contribution in [0.25, 0.3) is 0 Å². The quantitative estimate of drug-likeness (QED) is 0.709. The number of pyridine rings is 1. The molecule has 8 nitrogen and oxygen atoms in total. The van der Waals surface area contributed by atoms with Gasteiger partial charge in [0.2, 0.25) is 5.91 Å². The van der Waals surface area contributed by atoms with Crippen LogP contribution in [0.15, 0.2) is 41.7 Å². The number of fused-ring (bicyclic) bond motifs is 2. The molecule has 1 aromatic heterocycles. The third-order valence-corrected chi connectivity index (χ3v) is 6.62. The van der Waals surface area contributed by atoms with E-state index in [4.69, 9.17) is 9.57 Å². The van der Waals surface area contributed by atoms with Gasteiger partial charge in [-0.1, -0.05) is 11.2 Å². The highest BCUT2D eigenvalue weighted by Gasteiger charge is 2.32. The summed E-state index contributed by atoms with van der Waals surface area (Å²) >= 11 is 0. The van der Waals surface area contributed by atoms with Gasteiger partial charge in [-0.25, -0.2) is 4.98 Å². The molecular weight excluding hydrogens is 418 g/mol. The summed E-state index contributed by atoms with van der Waals surface area (Å²) in [6.45, 7) is 6.16. The fourth-order valence-corrected chi connectivity index (χ4v) is 4.79. The molecule has 0 radical (unpaired) electrons. The molecule has 2 fully saturated rings. The number of hydrogen-bond acceptors (Lipinski definition) is 7. The van der Waals surface area contributed by atoms with E-state index >= 15 is 0 Å². The van der Waals surface area contributed by atoms with Crippen molar-refractivity contribution in [2.75, 3.05) is 48.0 Å². The van der Waals surface area contributed by atoms with Gasteiger partial charge >= 0.3 is 0 Å². The number of aromatic nitrogens is 1. The second-order valence-corrected chi connectivity index (χ2v) is 8.71. The lowest BCUT2D eigenvalue weighted by atomic mass is 9.86. The Morgan fingerprint density at radius 2 is 2.06 bits per heavy atom. The molecule has 0 atom stereocenters. The van der Waals surface area contributed by atoms with Gasteiger partial charge in [0.1, 0.15) is 12.4 Å². The second kappa shape index (κ2) is 9.79. The molecule has 174 valence electrons. The summed E-state index contributed by atoms with van der Waals surface area (Å²) in [5.41, 5.74) is 5.01. The summed E-state index contributed by atoms with van der Waals surface area (Å²) in [5.74, 6) is 0.955. The molecule has 1 saturated carbocycles. The molecular formula is C25H31N5O3. The number of nitrogens with zero attached hydrogens (tertiary/aromatic N) is 4. The van der Waals surface area contributed by atoms with E-state index in [1.165, 1.54) is 0 Å². The smallest absolute Gasteiger partial charge is 0.230 e. The minimum Gasteiger partial charge on any atom is -0.396 e. The number of anilines is 4. The maximum absolute atomic E-state index is 13.9. The summed E-state index contributed by atoms with van der Waals surface area (Å²) in [4.78, 5) is 27.9. The second-order valence-electron chi connectivity index (χ2n) is 8.71. The summed E-state index contributed by atoms with van der Waals surface area (Å²) in [5, 5.41) is 7.68. The number of morpholine rings is 1. The Bertz CT molecular complexity index is 1020. The highest BCUT2D eigenvalue weighted by atomic mass is 16.6. The van der Waals surface area contributed by atoms with Crippen molar-refractivity contribution in [3.8, 4) is 0 Å². The van der Waals surface area contributed by atoms with Crippen LogP contribution in [0.2, 0.25) is 0 Å². The fourth-order valence-electron chi connectivity index (χ4n) is 4.79. The Kier molecular flexibility index (Phi) is 6.44. The third-order valence-electron chi connectivity index (χ3n) is 6.62. The maximum Gasteiger partial charge on any atom is 0.230 e. The molecule has 3 heterocycles. The topological polar surface area (TPSA) is 79.3 Å². The van der Waals surface area contributed by atoms with Gasteiger partial charge in [0.15, 0.2) is 0 Å². The molecule has 1 aliphatic carbocycles. The van der Waals surface area contributed by atoms with Crippen LogP contribution in [-0.4, -0.2) is 49.5 Å². The zero-order valence-electron chi connectivity index (χ0n) is 19.1. The Labute approximate surface area is 194 Å². The first-order valence-corrected chi connectivity index (χ1v) is 11.9. The average molecular weight is 450 g/mol. The van der Waals surface area contributed by atoms with Gasteiger partial charge in [0.25, 0.3) is 0 Å². The van der Waals surface area contributed by atoms with Crippen molar-refractivity contribution in [2.45, 2.75) is 39.2 Å². The van der Waals surface area contributed by atoms with Crippen LogP contribution in [0.3, 0.4) is 0 Å². The van der Waals surface area contributed by atoms with Crippen LogP contribution in [0.5, 0.6) is 0 Å². The molecule has 1 aromatic carbocycles. The summed E-state index contributed by atoms with van der Waals surface area (Å²) in [7, 11) is 0. The van der Waals surface area contributed by atoms with E-state index in [2.05, 4.69) is 38.6 Å². The van der Waals surface area contributed by atoms with Crippen LogP contribution in [0, 0.1) is 5.92 Å². The Morgan fingerprint density at radius 3 is 2.85 bits per heavy atom. The maximum atomic E-state index is 13.9.